The molecule has 0 aliphatic rings. The van der Waals surface area contributed by atoms with Crippen LogP contribution in [0.1, 0.15) is 0 Å². The highest BCUT2D eigenvalue weighted by molar-refractivity contribution is 4.67. The van der Waals surface area contributed by atoms with Crippen molar-refractivity contribution in [3.8, 4) is 6.19 Å². The predicted octanol–water partition coefficient (Wildman–Crippen LogP) is -0.651. The third-order valence-corrected chi connectivity index (χ3v) is 1.02. The summed E-state index contributed by atoms with van der Waals surface area (Å²) in [6, 6.07) is 0. The number of nitrogens with one attached hydrogen (secondary N) is 1. The third-order valence-electron chi connectivity index (χ3n) is 1.02. The molecule has 1 aromatic heterocycles. The van der Waals surface area contributed by atoms with Gasteiger partial charge in [-0.25, -0.2) is 0 Å². The van der Waals surface area contributed by atoms with Crippen molar-refractivity contribution < 1.29 is 0 Å². The van der Waals surface area contributed by atoms with Crippen molar-refractivity contribution in [2.75, 3.05) is 6.54 Å². The topological polar surface area (TPSA) is 66.5 Å². The highest BCUT2D eigenvalue weighted by atomic mass is 15.4. The zero-order valence-electron chi connectivity index (χ0n) is 5.36. The fraction of sp³-hybridized carbons (Fsp3) is 0.400. The summed E-state index contributed by atoms with van der Waals surface area (Å²) in [7, 11) is 0. The zero-order chi connectivity index (χ0) is 7.23. The molecule has 1 N–H and O–H groups in total. The van der Waals surface area contributed by atoms with Gasteiger partial charge in [0.05, 0.1) is 12.7 Å². The molecule has 52 valence electrons. The number of aromatic nitrogens is 3. The van der Waals surface area contributed by atoms with E-state index in [4.69, 9.17) is 5.26 Å². The Hall–Kier alpha value is -1.57. The maximum atomic E-state index is 8.09. The van der Waals surface area contributed by atoms with Gasteiger partial charge in [0, 0.05) is 12.7 Å². The first kappa shape index (κ1) is 6.55. The first-order valence-electron chi connectivity index (χ1n) is 2.89. The van der Waals surface area contributed by atoms with Crippen molar-refractivity contribution in [2.24, 2.45) is 0 Å². The largest absolute Gasteiger partial charge is 0.322 e. The van der Waals surface area contributed by atoms with Crippen LogP contribution in [0.3, 0.4) is 0 Å². The summed E-state index contributed by atoms with van der Waals surface area (Å²) in [5.74, 6) is 0. The number of rotatable bonds is 3. The van der Waals surface area contributed by atoms with Crippen LogP contribution in [0.25, 0.3) is 0 Å². The molecule has 0 aliphatic carbocycles. The molecule has 1 heterocycles. The van der Waals surface area contributed by atoms with E-state index in [-0.39, 0.29) is 0 Å². The van der Waals surface area contributed by atoms with Crippen LogP contribution in [-0.2, 0) is 6.54 Å². The minimum atomic E-state index is 0.597. The smallest absolute Gasteiger partial charge is 0.176 e. The van der Waals surface area contributed by atoms with Crippen LogP contribution >= 0.6 is 0 Å². The molecule has 0 unspecified atom stereocenters. The number of nitrogens with zero attached hydrogens (tertiary/aromatic N) is 4. The molecule has 0 bridgehead atoms. The van der Waals surface area contributed by atoms with E-state index in [2.05, 4.69) is 15.6 Å². The van der Waals surface area contributed by atoms with E-state index in [1.807, 2.05) is 6.19 Å². The van der Waals surface area contributed by atoms with Crippen molar-refractivity contribution in [2.45, 2.75) is 6.54 Å². The maximum absolute atomic E-state index is 8.09. The van der Waals surface area contributed by atoms with Gasteiger partial charge in [-0.05, 0) is 0 Å². The molecule has 5 heteroatoms. The molecule has 0 atom stereocenters. The Balaban J connectivity index is 2.23. The molecule has 1 rings (SSSR count). The van der Waals surface area contributed by atoms with Crippen LogP contribution in [0.4, 0.5) is 0 Å². The quantitative estimate of drug-likeness (QED) is 0.341. The number of hydrogen-bond donors (Lipinski definition) is 1. The molecule has 0 aliphatic heterocycles. The Morgan fingerprint density at radius 3 is 3.20 bits per heavy atom. The van der Waals surface area contributed by atoms with Gasteiger partial charge in [-0.15, -0.1) is 5.10 Å². The summed E-state index contributed by atoms with van der Waals surface area (Å²) in [4.78, 5) is 0. The Bertz CT molecular complexity index is 208. The molecule has 0 aromatic carbocycles. The highest BCUT2D eigenvalue weighted by Crippen LogP contribution is 1.77. The van der Waals surface area contributed by atoms with E-state index in [0.29, 0.717) is 13.1 Å². The molecule has 0 spiro atoms. The second-order valence-corrected chi connectivity index (χ2v) is 1.70. The van der Waals surface area contributed by atoms with Crippen molar-refractivity contribution in [1.29, 1.82) is 5.26 Å². The van der Waals surface area contributed by atoms with Gasteiger partial charge in [0.15, 0.2) is 6.19 Å². The Labute approximate surface area is 58.3 Å². The average molecular weight is 137 g/mol. The lowest BCUT2D eigenvalue weighted by Crippen LogP contribution is -2.14. The lowest BCUT2D eigenvalue weighted by atomic mass is 10.6. The van der Waals surface area contributed by atoms with E-state index in [9.17, 15) is 0 Å². The fourth-order valence-electron chi connectivity index (χ4n) is 0.578. The van der Waals surface area contributed by atoms with Gasteiger partial charge in [-0.1, -0.05) is 5.21 Å². The van der Waals surface area contributed by atoms with Gasteiger partial charge in [-0.3, -0.25) is 4.68 Å². The monoisotopic (exact) mass is 137 g/mol. The molecule has 0 fully saturated rings. The second kappa shape index (κ2) is 3.45. The summed E-state index contributed by atoms with van der Waals surface area (Å²) >= 11 is 0. The van der Waals surface area contributed by atoms with E-state index in [0.717, 1.165) is 0 Å². The van der Waals surface area contributed by atoms with Crippen molar-refractivity contribution >= 4 is 0 Å². The molecular formula is C5H7N5. The van der Waals surface area contributed by atoms with Crippen LogP contribution in [0, 0.1) is 11.5 Å². The van der Waals surface area contributed by atoms with Gasteiger partial charge >= 0.3 is 0 Å². The Morgan fingerprint density at radius 2 is 2.60 bits per heavy atom. The van der Waals surface area contributed by atoms with E-state index < -0.39 is 0 Å². The van der Waals surface area contributed by atoms with Crippen molar-refractivity contribution in [3.63, 3.8) is 0 Å². The van der Waals surface area contributed by atoms with Gasteiger partial charge in [0.2, 0.25) is 0 Å². The summed E-state index contributed by atoms with van der Waals surface area (Å²) in [6.07, 6.45) is 5.17. The third kappa shape index (κ3) is 1.74. The molecule has 1 aromatic rings. The summed E-state index contributed by atoms with van der Waals surface area (Å²) in [5, 5.41) is 17.9. The lowest BCUT2D eigenvalue weighted by molar-refractivity contribution is 0.576. The Morgan fingerprint density at radius 1 is 1.70 bits per heavy atom. The van der Waals surface area contributed by atoms with Crippen LogP contribution in [0.15, 0.2) is 12.4 Å². The standard InChI is InChI=1S/C5H7N5/c6-5-7-1-3-10-4-2-8-9-10/h2,4,7H,1,3H2. The molecule has 0 saturated carbocycles. The van der Waals surface area contributed by atoms with Crippen LogP contribution in [0.5, 0.6) is 0 Å². The molecule has 0 amide bonds. The minimum absolute atomic E-state index is 0.597. The maximum Gasteiger partial charge on any atom is 0.176 e. The normalized spacial score (nSPS) is 8.70. The SMILES string of the molecule is N#CNCCn1ccnn1. The van der Waals surface area contributed by atoms with Gasteiger partial charge in [0.1, 0.15) is 0 Å². The molecule has 0 saturated heterocycles. The zero-order valence-corrected chi connectivity index (χ0v) is 5.36. The van der Waals surface area contributed by atoms with E-state index in [1.54, 1.807) is 17.1 Å². The van der Waals surface area contributed by atoms with Crippen molar-refractivity contribution in [1.82, 2.24) is 20.3 Å². The van der Waals surface area contributed by atoms with Gasteiger partial charge in [0.25, 0.3) is 0 Å². The molecule has 5 nitrogen and oxygen atoms in total. The molecular weight excluding hydrogens is 130 g/mol. The lowest BCUT2D eigenvalue weighted by Gasteiger charge is -1.95. The van der Waals surface area contributed by atoms with Gasteiger partial charge in [-0.2, -0.15) is 5.26 Å². The van der Waals surface area contributed by atoms with E-state index in [1.165, 1.54) is 0 Å². The molecule has 10 heavy (non-hydrogen) atoms. The van der Waals surface area contributed by atoms with Crippen LogP contribution in [0.2, 0.25) is 0 Å². The van der Waals surface area contributed by atoms with Crippen LogP contribution in [-0.4, -0.2) is 21.5 Å². The fourth-order valence-corrected chi connectivity index (χ4v) is 0.578. The van der Waals surface area contributed by atoms with E-state index >= 15 is 0 Å². The molecule has 0 radical (unpaired) electrons. The summed E-state index contributed by atoms with van der Waals surface area (Å²) < 4.78 is 1.66. The minimum Gasteiger partial charge on any atom is -0.322 e. The first-order chi connectivity index (χ1) is 4.93. The predicted molar refractivity (Wildman–Crippen MR) is 33.6 cm³/mol. The first-order valence-corrected chi connectivity index (χ1v) is 2.89. The second-order valence-electron chi connectivity index (χ2n) is 1.70. The summed E-state index contributed by atoms with van der Waals surface area (Å²) in [6.45, 7) is 1.27. The highest BCUT2D eigenvalue weighted by Gasteiger charge is 1.87. The number of nitriles is 1. The van der Waals surface area contributed by atoms with Crippen LogP contribution < -0.4 is 5.32 Å². The summed E-state index contributed by atoms with van der Waals surface area (Å²) in [5.41, 5.74) is 0. The van der Waals surface area contributed by atoms with Gasteiger partial charge < -0.3 is 5.32 Å². The van der Waals surface area contributed by atoms with Crippen molar-refractivity contribution in [3.05, 3.63) is 12.4 Å². The Kier molecular flexibility index (Phi) is 2.26. The number of hydrogen-bond acceptors (Lipinski definition) is 4. The average Bonchev–Trinajstić information content (AvgIpc) is 2.41.